The molecule has 1 rings (SSSR count). The van der Waals surface area contributed by atoms with Crippen LogP contribution in [-0.4, -0.2) is 5.97 Å². The van der Waals surface area contributed by atoms with Crippen LogP contribution in [0.25, 0.3) is 0 Å². The van der Waals surface area contributed by atoms with E-state index in [1.54, 1.807) is 6.92 Å². The molecule has 1 aromatic rings. The standard InChI is InChI=1S/C12H13O2/c1-9(2)12(13)14-8-11-6-4-10(3)5-7-11/h4-7H,1,3,8H2,2H3. The second-order valence-electron chi connectivity index (χ2n) is 3.17. The first-order valence-corrected chi connectivity index (χ1v) is 4.33. The molecule has 0 bridgehead atoms. The van der Waals surface area contributed by atoms with E-state index in [4.69, 9.17) is 4.74 Å². The molecule has 0 spiro atoms. The van der Waals surface area contributed by atoms with Gasteiger partial charge >= 0.3 is 5.97 Å². The number of carbonyl (C=O) groups is 1. The van der Waals surface area contributed by atoms with Gasteiger partial charge in [0.25, 0.3) is 0 Å². The summed E-state index contributed by atoms with van der Waals surface area (Å²) in [5, 5.41) is 0. The summed E-state index contributed by atoms with van der Waals surface area (Å²) in [5.74, 6) is -0.358. The van der Waals surface area contributed by atoms with Gasteiger partial charge in [-0.1, -0.05) is 30.8 Å². The Labute approximate surface area is 84.2 Å². The lowest BCUT2D eigenvalue weighted by atomic mass is 10.2. The minimum absolute atomic E-state index is 0.284. The third-order valence-electron chi connectivity index (χ3n) is 1.74. The van der Waals surface area contributed by atoms with Crippen LogP contribution >= 0.6 is 0 Å². The number of hydrogen-bond acceptors (Lipinski definition) is 2. The van der Waals surface area contributed by atoms with Crippen LogP contribution in [0.3, 0.4) is 0 Å². The Morgan fingerprint density at radius 2 is 1.93 bits per heavy atom. The number of hydrogen-bond donors (Lipinski definition) is 0. The summed E-state index contributed by atoms with van der Waals surface area (Å²) in [4.78, 5) is 11.0. The van der Waals surface area contributed by atoms with E-state index in [0.29, 0.717) is 5.57 Å². The highest BCUT2D eigenvalue weighted by Crippen LogP contribution is 2.05. The van der Waals surface area contributed by atoms with Gasteiger partial charge in [-0.3, -0.25) is 0 Å². The monoisotopic (exact) mass is 189 g/mol. The van der Waals surface area contributed by atoms with Crippen LogP contribution in [0.4, 0.5) is 0 Å². The Morgan fingerprint density at radius 1 is 1.36 bits per heavy atom. The predicted octanol–water partition coefficient (Wildman–Crippen LogP) is 2.49. The van der Waals surface area contributed by atoms with E-state index in [-0.39, 0.29) is 12.6 Å². The van der Waals surface area contributed by atoms with Crippen molar-refractivity contribution in [2.45, 2.75) is 13.5 Å². The maximum Gasteiger partial charge on any atom is 0.333 e. The lowest BCUT2D eigenvalue weighted by Gasteiger charge is -2.04. The number of benzene rings is 1. The molecule has 0 aliphatic rings. The molecule has 0 aliphatic carbocycles. The van der Waals surface area contributed by atoms with E-state index in [0.717, 1.165) is 11.1 Å². The highest BCUT2D eigenvalue weighted by Gasteiger charge is 2.02. The second kappa shape index (κ2) is 4.61. The van der Waals surface area contributed by atoms with Crippen molar-refractivity contribution in [1.82, 2.24) is 0 Å². The summed E-state index contributed by atoms with van der Waals surface area (Å²) < 4.78 is 4.97. The van der Waals surface area contributed by atoms with Crippen LogP contribution < -0.4 is 0 Å². The Morgan fingerprint density at radius 3 is 2.43 bits per heavy atom. The average Bonchev–Trinajstić information content (AvgIpc) is 2.16. The number of esters is 1. The lowest BCUT2D eigenvalue weighted by molar-refractivity contribution is -0.140. The van der Waals surface area contributed by atoms with Crippen LogP contribution in [0.1, 0.15) is 18.1 Å². The summed E-state index contributed by atoms with van der Waals surface area (Å²) >= 11 is 0. The molecule has 14 heavy (non-hydrogen) atoms. The third-order valence-corrected chi connectivity index (χ3v) is 1.74. The Balaban J connectivity index is 2.50. The van der Waals surface area contributed by atoms with Crippen molar-refractivity contribution in [2.75, 3.05) is 0 Å². The Bertz CT molecular complexity index is 336. The Kier molecular flexibility index (Phi) is 3.46. The smallest absolute Gasteiger partial charge is 0.333 e. The summed E-state index contributed by atoms with van der Waals surface area (Å²) in [6.07, 6.45) is 0. The highest BCUT2D eigenvalue weighted by atomic mass is 16.5. The summed E-state index contributed by atoms with van der Waals surface area (Å²) in [5.41, 5.74) is 2.31. The van der Waals surface area contributed by atoms with Crippen molar-refractivity contribution >= 4 is 5.97 Å². The van der Waals surface area contributed by atoms with E-state index in [1.165, 1.54) is 0 Å². The number of carbonyl (C=O) groups excluding carboxylic acids is 1. The van der Waals surface area contributed by atoms with Gasteiger partial charge in [0.1, 0.15) is 6.61 Å². The van der Waals surface area contributed by atoms with Crippen LogP contribution in [0.2, 0.25) is 0 Å². The normalized spacial score (nSPS) is 9.57. The van der Waals surface area contributed by atoms with Crippen molar-refractivity contribution in [3.63, 3.8) is 0 Å². The molecule has 2 nitrogen and oxygen atoms in total. The zero-order valence-electron chi connectivity index (χ0n) is 8.25. The summed E-state index contributed by atoms with van der Waals surface area (Å²) in [6.45, 7) is 9.17. The molecule has 0 atom stereocenters. The Hall–Kier alpha value is -1.57. The topological polar surface area (TPSA) is 26.3 Å². The number of rotatable bonds is 3. The predicted molar refractivity (Wildman–Crippen MR) is 55.5 cm³/mol. The molecule has 0 amide bonds. The first-order valence-electron chi connectivity index (χ1n) is 4.33. The SMILES string of the molecule is [CH2]c1ccc(COC(=O)C(=C)C)cc1. The van der Waals surface area contributed by atoms with Gasteiger partial charge in [-0.2, -0.15) is 0 Å². The van der Waals surface area contributed by atoms with Gasteiger partial charge in [-0.25, -0.2) is 4.79 Å². The minimum atomic E-state index is -0.358. The summed E-state index contributed by atoms with van der Waals surface area (Å²) in [7, 11) is 0. The third kappa shape index (κ3) is 3.05. The first kappa shape index (κ1) is 10.5. The molecule has 0 aliphatic heterocycles. The van der Waals surface area contributed by atoms with Crippen molar-refractivity contribution in [3.8, 4) is 0 Å². The van der Waals surface area contributed by atoms with E-state index < -0.39 is 0 Å². The molecule has 0 saturated heterocycles. The van der Waals surface area contributed by atoms with Gasteiger partial charge in [-0.15, -0.1) is 0 Å². The van der Waals surface area contributed by atoms with Crippen molar-refractivity contribution in [1.29, 1.82) is 0 Å². The lowest BCUT2D eigenvalue weighted by Crippen LogP contribution is -2.04. The molecule has 1 aromatic carbocycles. The van der Waals surface area contributed by atoms with E-state index in [9.17, 15) is 4.79 Å². The van der Waals surface area contributed by atoms with Crippen molar-refractivity contribution in [3.05, 3.63) is 54.5 Å². The van der Waals surface area contributed by atoms with Crippen LogP contribution in [-0.2, 0) is 16.1 Å². The van der Waals surface area contributed by atoms with Gasteiger partial charge in [-0.05, 0) is 25.0 Å². The minimum Gasteiger partial charge on any atom is -0.457 e. The quantitative estimate of drug-likeness (QED) is 0.539. The zero-order chi connectivity index (χ0) is 10.6. The van der Waals surface area contributed by atoms with Gasteiger partial charge in [0.05, 0.1) is 0 Å². The fraction of sp³-hybridized carbons (Fsp3) is 0.167. The van der Waals surface area contributed by atoms with Crippen LogP contribution in [0, 0.1) is 6.92 Å². The largest absolute Gasteiger partial charge is 0.457 e. The van der Waals surface area contributed by atoms with E-state index in [2.05, 4.69) is 13.5 Å². The van der Waals surface area contributed by atoms with E-state index >= 15 is 0 Å². The molecular formula is C12H13O2. The molecule has 0 fully saturated rings. The van der Waals surface area contributed by atoms with Crippen LogP contribution in [0.5, 0.6) is 0 Å². The molecule has 73 valence electrons. The fourth-order valence-electron chi connectivity index (χ4n) is 0.908. The molecule has 0 saturated carbocycles. The number of ether oxygens (including phenoxy) is 1. The van der Waals surface area contributed by atoms with Gasteiger partial charge < -0.3 is 4.74 Å². The molecular weight excluding hydrogens is 176 g/mol. The van der Waals surface area contributed by atoms with Gasteiger partial charge in [0, 0.05) is 5.57 Å². The first-order chi connectivity index (χ1) is 6.59. The fourth-order valence-corrected chi connectivity index (χ4v) is 0.908. The maximum absolute atomic E-state index is 11.0. The molecule has 0 unspecified atom stereocenters. The molecule has 0 N–H and O–H groups in total. The molecule has 0 aromatic heterocycles. The maximum atomic E-state index is 11.0. The molecule has 1 radical (unpaired) electrons. The molecule has 2 heteroatoms. The molecule has 0 heterocycles. The summed E-state index contributed by atoms with van der Waals surface area (Å²) in [6, 6.07) is 7.52. The van der Waals surface area contributed by atoms with Crippen LogP contribution in [0.15, 0.2) is 36.4 Å². The highest BCUT2D eigenvalue weighted by molar-refractivity contribution is 5.86. The zero-order valence-corrected chi connectivity index (χ0v) is 8.25. The average molecular weight is 189 g/mol. The van der Waals surface area contributed by atoms with Crippen molar-refractivity contribution < 1.29 is 9.53 Å². The van der Waals surface area contributed by atoms with Gasteiger partial charge in [0.2, 0.25) is 0 Å². The van der Waals surface area contributed by atoms with Gasteiger partial charge in [0.15, 0.2) is 0 Å². The van der Waals surface area contributed by atoms with Crippen molar-refractivity contribution in [2.24, 2.45) is 0 Å². The second-order valence-corrected chi connectivity index (χ2v) is 3.17. The van der Waals surface area contributed by atoms with E-state index in [1.807, 2.05) is 24.3 Å².